The van der Waals surface area contributed by atoms with E-state index in [9.17, 15) is 13.2 Å². The second-order valence-corrected chi connectivity index (χ2v) is 10.4. The van der Waals surface area contributed by atoms with Gasteiger partial charge in [0.05, 0.1) is 42.7 Å². The second kappa shape index (κ2) is 10.7. The van der Waals surface area contributed by atoms with Crippen molar-refractivity contribution < 1.29 is 22.7 Å². The molecule has 2 heterocycles. The highest BCUT2D eigenvalue weighted by Crippen LogP contribution is 2.32. The third-order valence-corrected chi connectivity index (χ3v) is 7.45. The molecule has 9 nitrogen and oxygen atoms in total. The van der Waals surface area contributed by atoms with E-state index in [-0.39, 0.29) is 16.8 Å². The molecule has 0 unspecified atom stereocenters. The smallest absolute Gasteiger partial charge is 0.255 e. The van der Waals surface area contributed by atoms with Crippen LogP contribution in [0.25, 0.3) is 0 Å². The number of hydrogen-bond donors (Lipinski definition) is 2. The van der Waals surface area contributed by atoms with Crippen LogP contribution in [0.2, 0.25) is 0 Å². The minimum absolute atomic E-state index is 0.126. The zero-order valence-electron chi connectivity index (χ0n) is 19.6. The highest BCUT2D eigenvalue weighted by Gasteiger charge is 2.21. The Bertz CT molecular complexity index is 1090. The molecule has 2 fully saturated rings. The molecule has 2 N–H and O–H groups in total. The summed E-state index contributed by atoms with van der Waals surface area (Å²) in [7, 11) is -3.61. The van der Waals surface area contributed by atoms with Crippen molar-refractivity contribution in [2.75, 3.05) is 67.7 Å². The van der Waals surface area contributed by atoms with Crippen LogP contribution in [-0.2, 0) is 19.5 Å². The Kier molecular flexibility index (Phi) is 7.72. The van der Waals surface area contributed by atoms with Crippen molar-refractivity contribution in [3.8, 4) is 0 Å². The van der Waals surface area contributed by atoms with E-state index in [0.717, 1.165) is 37.6 Å². The first-order chi connectivity index (χ1) is 16.3. The van der Waals surface area contributed by atoms with Gasteiger partial charge < -0.3 is 24.6 Å². The largest absolute Gasteiger partial charge is 0.378 e. The van der Waals surface area contributed by atoms with Crippen LogP contribution < -0.4 is 19.8 Å². The zero-order valence-corrected chi connectivity index (χ0v) is 20.4. The molecule has 0 atom stereocenters. The highest BCUT2D eigenvalue weighted by molar-refractivity contribution is 7.89. The fraction of sp³-hybridized carbons (Fsp3) is 0.458. The number of hydrogen-bond acceptors (Lipinski definition) is 7. The number of rotatable bonds is 7. The molecule has 2 aromatic carbocycles. The monoisotopic (exact) mass is 488 g/mol. The standard InChI is InChI=1S/C24H32N4O5S/c1-18(2)26-34(30,31)21-6-3-19(4-7-21)24(29)25-22-8-5-20(27-9-13-32-14-10-27)17-23(22)28-11-15-33-16-12-28/h3-8,17-18,26H,9-16H2,1-2H3,(H,25,29). The lowest BCUT2D eigenvalue weighted by molar-refractivity contribution is 0.102. The number of sulfonamides is 1. The van der Waals surface area contributed by atoms with Gasteiger partial charge in [-0.05, 0) is 56.3 Å². The van der Waals surface area contributed by atoms with Crippen LogP contribution in [0.3, 0.4) is 0 Å². The Morgan fingerprint density at radius 1 is 0.882 bits per heavy atom. The van der Waals surface area contributed by atoms with Crippen LogP contribution in [0.15, 0.2) is 47.4 Å². The van der Waals surface area contributed by atoms with Gasteiger partial charge in [0.1, 0.15) is 0 Å². The van der Waals surface area contributed by atoms with E-state index in [4.69, 9.17) is 9.47 Å². The summed E-state index contributed by atoms with van der Waals surface area (Å²) in [5.74, 6) is -0.297. The predicted molar refractivity (Wildman–Crippen MR) is 132 cm³/mol. The van der Waals surface area contributed by atoms with Crippen molar-refractivity contribution >= 4 is 33.0 Å². The van der Waals surface area contributed by atoms with Gasteiger partial charge >= 0.3 is 0 Å². The van der Waals surface area contributed by atoms with E-state index in [0.29, 0.717) is 37.7 Å². The van der Waals surface area contributed by atoms with Gasteiger partial charge in [0, 0.05) is 43.5 Å². The van der Waals surface area contributed by atoms with Gasteiger partial charge in [-0.3, -0.25) is 4.79 Å². The topological polar surface area (TPSA) is 100 Å². The first-order valence-electron chi connectivity index (χ1n) is 11.6. The molecule has 2 aromatic rings. The molecule has 0 aliphatic carbocycles. The summed E-state index contributed by atoms with van der Waals surface area (Å²) in [5, 5.41) is 3.01. The number of amides is 1. The summed E-state index contributed by atoms with van der Waals surface area (Å²) in [5.41, 5.74) is 3.13. The van der Waals surface area contributed by atoms with Crippen molar-refractivity contribution in [2.45, 2.75) is 24.8 Å². The van der Waals surface area contributed by atoms with Crippen molar-refractivity contribution in [1.29, 1.82) is 0 Å². The number of carbonyl (C=O) groups is 1. The Balaban J connectivity index is 1.55. The zero-order chi connectivity index (χ0) is 24.1. The Labute approximate surface area is 201 Å². The average molecular weight is 489 g/mol. The van der Waals surface area contributed by atoms with Crippen LogP contribution in [0.1, 0.15) is 24.2 Å². The van der Waals surface area contributed by atoms with Crippen LogP contribution in [0, 0.1) is 0 Å². The van der Waals surface area contributed by atoms with Gasteiger partial charge in [-0.25, -0.2) is 13.1 Å². The third-order valence-electron chi connectivity index (χ3n) is 5.78. The number of nitrogens with one attached hydrogen (secondary N) is 2. The molecule has 34 heavy (non-hydrogen) atoms. The Morgan fingerprint density at radius 2 is 1.47 bits per heavy atom. The van der Waals surface area contributed by atoms with E-state index in [2.05, 4.69) is 25.9 Å². The van der Waals surface area contributed by atoms with Crippen molar-refractivity contribution in [3.63, 3.8) is 0 Å². The minimum Gasteiger partial charge on any atom is -0.378 e. The molecule has 184 valence electrons. The molecule has 2 aliphatic rings. The number of benzene rings is 2. The van der Waals surface area contributed by atoms with E-state index in [1.165, 1.54) is 24.3 Å². The fourth-order valence-corrected chi connectivity index (χ4v) is 5.32. The molecule has 0 aromatic heterocycles. The lowest BCUT2D eigenvalue weighted by Gasteiger charge is -2.33. The predicted octanol–water partition coefficient (Wildman–Crippen LogP) is 2.30. The molecule has 2 saturated heterocycles. The van der Waals surface area contributed by atoms with E-state index in [1.54, 1.807) is 13.8 Å². The summed E-state index contributed by atoms with van der Waals surface area (Å²) in [6, 6.07) is 11.8. The van der Waals surface area contributed by atoms with Gasteiger partial charge in [0.2, 0.25) is 10.0 Å². The maximum absolute atomic E-state index is 13.0. The second-order valence-electron chi connectivity index (χ2n) is 8.65. The molecule has 10 heteroatoms. The maximum Gasteiger partial charge on any atom is 0.255 e. The fourth-order valence-electron chi connectivity index (χ4n) is 4.07. The van der Waals surface area contributed by atoms with Gasteiger partial charge in [0.25, 0.3) is 5.91 Å². The molecule has 0 saturated carbocycles. The number of morpholine rings is 2. The molecular formula is C24H32N4O5S. The van der Waals surface area contributed by atoms with Crippen LogP contribution in [0.4, 0.5) is 17.1 Å². The number of ether oxygens (including phenoxy) is 2. The Morgan fingerprint density at radius 3 is 2.06 bits per heavy atom. The van der Waals surface area contributed by atoms with Gasteiger partial charge in [-0.1, -0.05) is 0 Å². The van der Waals surface area contributed by atoms with Crippen LogP contribution in [0.5, 0.6) is 0 Å². The summed E-state index contributed by atoms with van der Waals surface area (Å²) in [6.07, 6.45) is 0. The molecule has 2 aliphatic heterocycles. The van der Waals surface area contributed by atoms with Crippen LogP contribution in [-0.4, -0.2) is 73.0 Å². The highest BCUT2D eigenvalue weighted by atomic mass is 32.2. The van der Waals surface area contributed by atoms with Crippen molar-refractivity contribution in [3.05, 3.63) is 48.0 Å². The molecular weight excluding hydrogens is 456 g/mol. The average Bonchev–Trinajstić information content (AvgIpc) is 2.84. The number of nitrogens with zero attached hydrogens (tertiary/aromatic N) is 2. The normalized spacial score (nSPS) is 17.1. The lowest BCUT2D eigenvalue weighted by Crippen LogP contribution is -2.38. The van der Waals surface area contributed by atoms with Gasteiger partial charge in [-0.15, -0.1) is 0 Å². The molecule has 4 rings (SSSR count). The van der Waals surface area contributed by atoms with E-state index >= 15 is 0 Å². The van der Waals surface area contributed by atoms with Crippen LogP contribution >= 0.6 is 0 Å². The quantitative estimate of drug-likeness (QED) is 0.617. The van der Waals surface area contributed by atoms with E-state index < -0.39 is 10.0 Å². The summed E-state index contributed by atoms with van der Waals surface area (Å²) < 4.78 is 38.2. The molecule has 0 bridgehead atoms. The summed E-state index contributed by atoms with van der Waals surface area (Å²) >= 11 is 0. The maximum atomic E-state index is 13.0. The molecule has 0 spiro atoms. The summed E-state index contributed by atoms with van der Waals surface area (Å²) in [4.78, 5) is 17.7. The van der Waals surface area contributed by atoms with Gasteiger partial charge in [0.15, 0.2) is 0 Å². The third kappa shape index (κ3) is 5.87. The molecule has 1 amide bonds. The van der Waals surface area contributed by atoms with Crippen molar-refractivity contribution in [1.82, 2.24) is 4.72 Å². The number of anilines is 3. The first kappa shape index (κ1) is 24.5. The SMILES string of the molecule is CC(C)NS(=O)(=O)c1ccc(C(=O)Nc2ccc(N3CCOCC3)cc2N2CCOCC2)cc1. The Hall–Kier alpha value is -2.66. The minimum atomic E-state index is -3.61. The van der Waals surface area contributed by atoms with Crippen molar-refractivity contribution in [2.24, 2.45) is 0 Å². The number of carbonyl (C=O) groups excluding carboxylic acids is 1. The first-order valence-corrected chi connectivity index (χ1v) is 13.0. The lowest BCUT2D eigenvalue weighted by atomic mass is 10.1. The van der Waals surface area contributed by atoms with Gasteiger partial charge in [-0.2, -0.15) is 0 Å². The molecule has 0 radical (unpaired) electrons. The van der Waals surface area contributed by atoms with E-state index in [1.807, 2.05) is 12.1 Å². The summed E-state index contributed by atoms with van der Waals surface area (Å²) in [6.45, 7) is 9.32.